The highest BCUT2D eigenvalue weighted by Gasteiger charge is 2.33. The van der Waals surface area contributed by atoms with Gasteiger partial charge in [-0.3, -0.25) is 4.79 Å². The first-order chi connectivity index (χ1) is 12.5. The number of nitrogens with one attached hydrogen (secondary N) is 1. The maximum atomic E-state index is 13.3. The van der Waals surface area contributed by atoms with Crippen LogP contribution in [-0.2, 0) is 16.3 Å². The van der Waals surface area contributed by atoms with Crippen LogP contribution in [0.25, 0.3) is 0 Å². The fraction of sp³-hybridized carbons (Fsp3) is 0.0625. The van der Waals surface area contributed by atoms with E-state index in [9.17, 15) is 13.7 Å². The molecule has 2 aromatic rings. The van der Waals surface area contributed by atoms with Crippen molar-refractivity contribution in [3.8, 4) is 12.3 Å². The number of benzene rings is 1. The molecule has 1 aliphatic heterocycles. The normalized spacial score (nSPS) is 16.5. The minimum Gasteiger partial charge on any atom is -0.566 e. The third-order valence-electron chi connectivity index (χ3n) is 3.20. The fourth-order valence-electron chi connectivity index (χ4n) is 2.07. The van der Waals surface area contributed by atoms with E-state index in [0.29, 0.717) is 10.7 Å². The van der Waals surface area contributed by atoms with Crippen LogP contribution in [0.4, 0.5) is 10.1 Å². The molecule has 1 N–H and O–H groups in total. The number of carbonyl (C=O) groups excluding carboxylic acids is 1. The van der Waals surface area contributed by atoms with Crippen LogP contribution in [0.1, 0.15) is 5.01 Å². The Labute approximate surface area is 160 Å². The summed E-state index contributed by atoms with van der Waals surface area (Å²) in [5.74, 6) is 1.16. The summed E-state index contributed by atoms with van der Waals surface area (Å²) in [6.45, 7) is -0.0787. The molecular formula is C16H10ClFN4O2S2. The van der Waals surface area contributed by atoms with E-state index in [0.717, 1.165) is 6.07 Å². The predicted molar refractivity (Wildman–Crippen MR) is 100 cm³/mol. The Morgan fingerprint density at radius 1 is 1.54 bits per heavy atom. The first-order valence-electron chi connectivity index (χ1n) is 7.09. The molecular weight excluding hydrogens is 399 g/mol. The second kappa shape index (κ2) is 7.88. The van der Waals surface area contributed by atoms with Crippen molar-refractivity contribution < 1.29 is 13.7 Å². The topological polar surface area (TPSA) is 80.7 Å². The third kappa shape index (κ3) is 3.89. The van der Waals surface area contributed by atoms with Gasteiger partial charge in [0.2, 0.25) is 11.5 Å². The summed E-state index contributed by atoms with van der Waals surface area (Å²) in [5, 5.41) is 4.71. The maximum Gasteiger partial charge on any atom is 0.276 e. The molecule has 10 heteroatoms. The van der Waals surface area contributed by atoms with Crippen LogP contribution in [0, 0.1) is 18.2 Å². The molecule has 1 amide bonds. The van der Waals surface area contributed by atoms with E-state index < -0.39 is 23.3 Å². The SMILES string of the molecule is C#CCN1C(C(=O)Nc2ccc(F)c(Cl)c2)=CC(c2nccs2)=N[S+]1[O-]. The number of nitrogens with zero attached hydrogens (tertiary/aromatic N) is 3. The first-order valence-corrected chi connectivity index (χ1v) is 9.41. The molecule has 26 heavy (non-hydrogen) atoms. The van der Waals surface area contributed by atoms with Gasteiger partial charge >= 0.3 is 0 Å². The number of terminal acetylenes is 1. The molecule has 1 aliphatic rings. The second-order valence-electron chi connectivity index (χ2n) is 4.90. The molecule has 1 atom stereocenters. The zero-order valence-electron chi connectivity index (χ0n) is 13.0. The van der Waals surface area contributed by atoms with Crippen molar-refractivity contribution in [2.75, 3.05) is 11.9 Å². The van der Waals surface area contributed by atoms with Crippen molar-refractivity contribution >= 4 is 51.8 Å². The van der Waals surface area contributed by atoms with E-state index in [1.807, 2.05) is 0 Å². The highest BCUT2D eigenvalue weighted by atomic mass is 35.5. The Hall–Kier alpha value is -2.38. The number of thiazole rings is 1. The van der Waals surface area contributed by atoms with E-state index in [1.54, 1.807) is 11.6 Å². The lowest BCUT2D eigenvalue weighted by Gasteiger charge is -2.24. The average Bonchev–Trinajstić information content (AvgIpc) is 3.14. The quantitative estimate of drug-likeness (QED) is 0.623. The van der Waals surface area contributed by atoms with E-state index in [1.165, 1.54) is 33.9 Å². The van der Waals surface area contributed by atoms with Gasteiger partial charge in [0, 0.05) is 23.3 Å². The summed E-state index contributed by atoms with van der Waals surface area (Å²) in [6.07, 6.45) is 8.33. The van der Waals surface area contributed by atoms with E-state index in [-0.39, 0.29) is 23.0 Å². The summed E-state index contributed by atoms with van der Waals surface area (Å²) in [5.41, 5.74) is 0.655. The molecule has 1 aromatic carbocycles. The van der Waals surface area contributed by atoms with Crippen LogP contribution in [0.3, 0.4) is 0 Å². The highest BCUT2D eigenvalue weighted by molar-refractivity contribution is 7.88. The van der Waals surface area contributed by atoms with Crippen LogP contribution in [-0.4, -0.2) is 32.0 Å². The van der Waals surface area contributed by atoms with Gasteiger partial charge in [-0.15, -0.1) is 17.8 Å². The van der Waals surface area contributed by atoms with E-state index in [2.05, 4.69) is 20.6 Å². The molecule has 6 nitrogen and oxygen atoms in total. The number of amides is 1. The molecule has 3 rings (SSSR count). The molecule has 0 spiro atoms. The summed E-state index contributed by atoms with van der Waals surface area (Å²) in [4.78, 5) is 16.8. The van der Waals surface area contributed by atoms with Gasteiger partial charge in [0.25, 0.3) is 5.91 Å². The van der Waals surface area contributed by atoms with Crippen LogP contribution < -0.4 is 5.32 Å². The molecule has 0 bridgehead atoms. The van der Waals surface area contributed by atoms with Gasteiger partial charge in [-0.1, -0.05) is 17.5 Å². The van der Waals surface area contributed by atoms with Gasteiger partial charge in [0.05, 0.1) is 5.02 Å². The zero-order valence-corrected chi connectivity index (χ0v) is 15.4. The predicted octanol–water partition coefficient (Wildman–Crippen LogP) is 2.77. The van der Waals surface area contributed by atoms with Crippen LogP contribution in [0.5, 0.6) is 0 Å². The molecule has 1 aromatic heterocycles. The number of halogens is 2. The minimum absolute atomic E-state index is 0.0573. The van der Waals surface area contributed by atoms with E-state index in [4.69, 9.17) is 18.0 Å². The lowest BCUT2D eigenvalue weighted by Crippen LogP contribution is -2.38. The van der Waals surface area contributed by atoms with Crippen LogP contribution in [0.2, 0.25) is 5.02 Å². The van der Waals surface area contributed by atoms with Gasteiger partial charge in [-0.05, 0) is 22.6 Å². The van der Waals surface area contributed by atoms with Crippen LogP contribution >= 0.6 is 22.9 Å². The molecule has 0 aliphatic carbocycles. The number of anilines is 1. The monoisotopic (exact) mass is 408 g/mol. The molecule has 0 radical (unpaired) electrons. The summed E-state index contributed by atoms with van der Waals surface area (Å²) < 4.78 is 30.9. The summed E-state index contributed by atoms with van der Waals surface area (Å²) in [7, 11) is 0. The number of allylic oxidation sites excluding steroid dienone is 1. The molecule has 2 heterocycles. The third-order valence-corrected chi connectivity index (χ3v) is 5.34. The van der Waals surface area contributed by atoms with Crippen molar-refractivity contribution in [1.82, 2.24) is 9.29 Å². The van der Waals surface area contributed by atoms with Gasteiger partial charge in [0.15, 0.2) is 11.4 Å². The molecule has 0 fully saturated rings. The van der Waals surface area contributed by atoms with Gasteiger partial charge in [-0.2, -0.15) is 4.31 Å². The second-order valence-corrected chi connectivity index (χ2v) is 7.28. The lowest BCUT2D eigenvalue weighted by molar-refractivity contribution is -0.113. The van der Waals surface area contributed by atoms with Gasteiger partial charge < -0.3 is 9.87 Å². The van der Waals surface area contributed by atoms with Gasteiger partial charge in [-0.25, -0.2) is 9.37 Å². The van der Waals surface area contributed by atoms with Crippen molar-refractivity contribution in [2.45, 2.75) is 0 Å². The van der Waals surface area contributed by atoms with Crippen molar-refractivity contribution in [2.24, 2.45) is 4.40 Å². The number of hydrogen-bond donors (Lipinski definition) is 1. The lowest BCUT2D eigenvalue weighted by atomic mass is 10.2. The minimum atomic E-state index is -1.88. The Balaban J connectivity index is 1.92. The van der Waals surface area contributed by atoms with Crippen LogP contribution in [0.15, 0.2) is 45.9 Å². The number of aromatic nitrogens is 1. The summed E-state index contributed by atoms with van der Waals surface area (Å²) in [6, 6.07) is 3.77. The van der Waals surface area contributed by atoms with Crippen molar-refractivity contribution in [1.29, 1.82) is 0 Å². The summed E-state index contributed by atoms with van der Waals surface area (Å²) >= 11 is 5.14. The van der Waals surface area contributed by atoms with Gasteiger partial charge in [0.1, 0.15) is 17.4 Å². The van der Waals surface area contributed by atoms with Crippen molar-refractivity contribution in [3.63, 3.8) is 0 Å². The molecule has 0 saturated heterocycles. The zero-order chi connectivity index (χ0) is 18.7. The molecule has 0 saturated carbocycles. The average molecular weight is 409 g/mol. The Kier molecular flexibility index (Phi) is 5.58. The number of carbonyl (C=O) groups is 1. The highest BCUT2D eigenvalue weighted by Crippen LogP contribution is 2.24. The maximum absolute atomic E-state index is 13.3. The Morgan fingerprint density at radius 2 is 2.35 bits per heavy atom. The number of rotatable bonds is 4. The Bertz CT molecular complexity index is 940. The van der Waals surface area contributed by atoms with E-state index >= 15 is 0 Å². The number of hydrogen-bond acceptors (Lipinski definition) is 6. The molecule has 132 valence electrons. The largest absolute Gasteiger partial charge is 0.566 e. The Morgan fingerprint density at radius 3 is 3.00 bits per heavy atom. The first kappa shape index (κ1) is 18.4. The van der Waals surface area contributed by atoms with Crippen molar-refractivity contribution in [3.05, 3.63) is 57.4 Å². The molecule has 1 unspecified atom stereocenters. The smallest absolute Gasteiger partial charge is 0.276 e. The standard InChI is InChI=1S/C16H10ClFN4O2S2/c1-2-6-22-14(9-13(21-26(22)24)16-19-5-7-25-16)15(23)20-10-3-4-12(18)11(17)8-10/h1,3-5,7-9H,6H2,(H,20,23). The fourth-order valence-corrected chi connectivity index (χ4v) is 3.80.